The second-order valence-corrected chi connectivity index (χ2v) is 3.56. The van der Waals surface area contributed by atoms with Crippen molar-refractivity contribution < 1.29 is 14.0 Å². The molecule has 5 nitrogen and oxygen atoms in total. The monoisotopic (exact) mass is 248 g/mol. The van der Waals surface area contributed by atoms with Crippen LogP contribution in [0.15, 0.2) is 34.9 Å². The van der Waals surface area contributed by atoms with E-state index in [4.69, 9.17) is 14.0 Å². The fraction of sp³-hybridized carbons (Fsp3) is 0.385. The molecule has 0 atom stereocenters. The highest BCUT2D eigenvalue weighted by Gasteiger charge is 2.19. The van der Waals surface area contributed by atoms with Crippen LogP contribution >= 0.6 is 0 Å². The van der Waals surface area contributed by atoms with E-state index in [-0.39, 0.29) is 0 Å². The number of aromatic nitrogens is 2. The lowest BCUT2D eigenvalue weighted by molar-refractivity contribution is -0.155. The molecule has 0 N–H and O–H groups in total. The van der Waals surface area contributed by atoms with Crippen LogP contribution in [0.4, 0.5) is 0 Å². The Kier molecular flexibility index (Phi) is 4.44. The van der Waals surface area contributed by atoms with Gasteiger partial charge in [0.25, 0.3) is 5.89 Å². The Bertz CT molecular complexity index is 464. The molecule has 0 aliphatic carbocycles. The quantitative estimate of drug-likeness (QED) is 0.736. The van der Waals surface area contributed by atoms with E-state index in [2.05, 4.69) is 10.1 Å². The Morgan fingerprint density at radius 1 is 1.11 bits per heavy atom. The molecule has 0 spiro atoms. The van der Waals surface area contributed by atoms with E-state index in [1.165, 1.54) is 0 Å². The van der Waals surface area contributed by atoms with Gasteiger partial charge in [-0.1, -0.05) is 35.5 Å². The molecule has 18 heavy (non-hydrogen) atoms. The predicted octanol–water partition coefficient (Wildman–Crippen LogP) is 2.81. The van der Waals surface area contributed by atoms with E-state index in [1.54, 1.807) is 0 Å². The van der Waals surface area contributed by atoms with Crippen LogP contribution in [0, 0.1) is 0 Å². The van der Waals surface area contributed by atoms with Crippen molar-refractivity contribution in [3.63, 3.8) is 0 Å². The van der Waals surface area contributed by atoms with Gasteiger partial charge >= 0.3 is 0 Å². The summed E-state index contributed by atoms with van der Waals surface area (Å²) in [7, 11) is 0. The first-order chi connectivity index (χ1) is 8.85. The van der Waals surface area contributed by atoms with Crippen LogP contribution < -0.4 is 0 Å². The second kappa shape index (κ2) is 6.28. The van der Waals surface area contributed by atoms with Crippen LogP contribution in [0.2, 0.25) is 0 Å². The van der Waals surface area contributed by atoms with Crippen molar-refractivity contribution >= 4 is 0 Å². The summed E-state index contributed by atoms with van der Waals surface area (Å²) in [4.78, 5) is 4.29. The van der Waals surface area contributed by atoms with Gasteiger partial charge in [-0.05, 0) is 13.8 Å². The van der Waals surface area contributed by atoms with Gasteiger partial charge in [0.2, 0.25) is 12.1 Å². The third-order valence-electron chi connectivity index (χ3n) is 2.31. The maximum Gasteiger partial charge on any atom is 0.283 e. The summed E-state index contributed by atoms with van der Waals surface area (Å²) in [6.07, 6.45) is -0.593. The minimum Gasteiger partial charge on any atom is -0.345 e. The third kappa shape index (κ3) is 2.94. The van der Waals surface area contributed by atoms with E-state index in [9.17, 15) is 0 Å². The van der Waals surface area contributed by atoms with Crippen molar-refractivity contribution in [3.05, 3.63) is 36.2 Å². The molecule has 1 aromatic heterocycles. The highest BCUT2D eigenvalue weighted by Crippen LogP contribution is 2.21. The Hall–Kier alpha value is -1.72. The SMILES string of the molecule is CCOC(OCC)c1nc(-c2ccccc2)no1. The minimum absolute atomic E-state index is 0.345. The van der Waals surface area contributed by atoms with Crippen molar-refractivity contribution in [3.8, 4) is 11.4 Å². The smallest absolute Gasteiger partial charge is 0.283 e. The molecule has 0 fully saturated rings. The molecule has 0 aliphatic rings. The van der Waals surface area contributed by atoms with Crippen LogP contribution in [0.5, 0.6) is 0 Å². The van der Waals surface area contributed by atoms with Crippen LogP contribution in [0.1, 0.15) is 26.0 Å². The molecular weight excluding hydrogens is 232 g/mol. The topological polar surface area (TPSA) is 57.4 Å². The average Bonchev–Trinajstić information content (AvgIpc) is 2.89. The zero-order valence-electron chi connectivity index (χ0n) is 10.5. The summed E-state index contributed by atoms with van der Waals surface area (Å²) in [5.41, 5.74) is 0.902. The van der Waals surface area contributed by atoms with Crippen molar-refractivity contribution in [2.24, 2.45) is 0 Å². The lowest BCUT2D eigenvalue weighted by Gasteiger charge is -2.11. The molecule has 0 aliphatic heterocycles. The van der Waals surface area contributed by atoms with Gasteiger partial charge in [-0.3, -0.25) is 0 Å². The number of rotatable bonds is 6. The van der Waals surface area contributed by atoms with Crippen molar-refractivity contribution in [2.45, 2.75) is 20.1 Å². The Balaban J connectivity index is 2.18. The predicted molar refractivity (Wildman–Crippen MR) is 65.7 cm³/mol. The van der Waals surface area contributed by atoms with E-state index in [0.717, 1.165) is 5.56 Å². The first kappa shape index (κ1) is 12.7. The zero-order valence-corrected chi connectivity index (χ0v) is 10.5. The molecular formula is C13H16N2O3. The molecule has 0 bridgehead atoms. The van der Waals surface area contributed by atoms with Crippen molar-refractivity contribution in [2.75, 3.05) is 13.2 Å². The van der Waals surface area contributed by atoms with E-state index >= 15 is 0 Å². The molecule has 2 aromatic rings. The number of nitrogens with zero attached hydrogens (tertiary/aromatic N) is 2. The van der Waals surface area contributed by atoms with Gasteiger partial charge in [-0.2, -0.15) is 4.98 Å². The fourth-order valence-corrected chi connectivity index (χ4v) is 1.53. The summed E-state index contributed by atoms with van der Waals surface area (Å²) in [6, 6.07) is 9.63. The van der Waals surface area contributed by atoms with E-state index in [0.29, 0.717) is 24.9 Å². The summed E-state index contributed by atoms with van der Waals surface area (Å²) in [6.45, 7) is 4.82. The van der Waals surface area contributed by atoms with Crippen LogP contribution in [-0.4, -0.2) is 23.4 Å². The lowest BCUT2D eigenvalue weighted by Crippen LogP contribution is -2.09. The summed E-state index contributed by atoms with van der Waals surface area (Å²) < 4.78 is 16.0. The van der Waals surface area contributed by atoms with Gasteiger partial charge in [0.15, 0.2) is 0 Å². The summed E-state index contributed by atoms with van der Waals surface area (Å²) in [5.74, 6) is 0.882. The van der Waals surface area contributed by atoms with Gasteiger partial charge in [0, 0.05) is 18.8 Å². The Morgan fingerprint density at radius 2 is 1.78 bits per heavy atom. The lowest BCUT2D eigenvalue weighted by atomic mass is 10.2. The maximum atomic E-state index is 5.40. The van der Waals surface area contributed by atoms with Crippen LogP contribution in [0.3, 0.4) is 0 Å². The molecule has 2 rings (SSSR count). The third-order valence-corrected chi connectivity index (χ3v) is 2.31. The molecule has 0 saturated carbocycles. The molecule has 0 unspecified atom stereocenters. The van der Waals surface area contributed by atoms with E-state index < -0.39 is 6.29 Å². The Morgan fingerprint density at radius 3 is 2.39 bits per heavy atom. The number of benzene rings is 1. The maximum absolute atomic E-state index is 5.40. The highest BCUT2D eigenvalue weighted by atomic mass is 16.7. The minimum atomic E-state index is -0.593. The van der Waals surface area contributed by atoms with Crippen molar-refractivity contribution in [1.82, 2.24) is 10.1 Å². The highest BCUT2D eigenvalue weighted by molar-refractivity contribution is 5.53. The number of hydrogen-bond donors (Lipinski definition) is 0. The van der Waals surface area contributed by atoms with Gasteiger partial charge in [-0.25, -0.2) is 0 Å². The molecule has 96 valence electrons. The molecule has 5 heteroatoms. The van der Waals surface area contributed by atoms with E-state index in [1.807, 2.05) is 44.2 Å². The second-order valence-electron chi connectivity index (χ2n) is 3.56. The Labute approximate surface area is 106 Å². The first-order valence-electron chi connectivity index (χ1n) is 5.97. The number of hydrogen-bond acceptors (Lipinski definition) is 5. The molecule has 0 amide bonds. The number of ether oxygens (including phenoxy) is 2. The van der Waals surface area contributed by atoms with Gasteiger partial charge in [-0.15, -0.1) is 0 Å². The van der Waals surface area contributed by atoms with Gasteiger partial charge in [0.1, 0.15) is 0 Å². The van der Waals surface area contributed by atoms with Crippen molar-refractivity contribution in [1.29, 1.82) is 0 Å². The van der Waals surface area contributed by atoms with Gasteiger partial charge < -0.3 is 14.0 Å². The molecule has 0 saturated heterocycles. The summed E-state index contributed by atoms with van der Waals surface area (Å²) in [5, 5.41) is 3.93. The average molecular weight is 248 g/mol. The molecule has 0 radical (unpaired) electrons. The normalized spacial score (nSPS) is 11.1. The van der Waals surface area contributed by atoms with Gasteiger partial charge in [0.05, 0.1) is 0 Å². The first-order valence-corrected chi connectivity index (χ1v) is 5.97. The van der Waals surface area contributed by atoms with Crippen LogP contribution in [-0.2, 0) is 9.47 Å². The largest absolute Gasteiger partial charge is 0.345 e. The summed E-state index contributed by atoms with van der Waals surface area (Å²) >= 11 is 0. The van der Waals surface area contributed by atoms with Crippen LogP contribution in [0.25, 0.3) is 11.4 Å². The standard InChI is InChI=1S/C13H16N2O3/c1-3-16-13(17-4-2)12-14-11(15-18-12)10-8-6-5-7-9-10/h5-9,13H,3-4H2,1-2H3. The molecule has 1 heterocycles. The zero-order chi connectivity index (χ0) is 12.8. The molecule has 1 aromatic carbocycles. The fourth-order valence-electron chi connectivity index (χ4n) is 1.53.